The molecular weight excluding hydrogens is 208 g/mol. The fraction of sp³-hybridized carbons (Fsp3) is 0.917. The normalized spacial score (nSPS) is 32.7. The second-order valence-electron chi connectivity index (χ2n) is 5.48. The molecule has 1 radical (unpaired) electrons. The quantitative estimate of drug-likeness (QED) is 0.808. The van der Waals surface area contributed by atoms with Crippen LogP contribution in [0.3, 0.4) is 0 Å². The summed E-state index contributed by atoms with van der Waals surface area (Å²) in [4.78, 5) is 11.0. The molecule has 1 N–H and O–H groups in total. The number of aliphatic hydroxyl groups is 1. The molecule has 87 valence electrons. The highest BCUT2D eigenvalue weighted by molar-refractivity contribution is 7.96. The molecule has 0 heterocycles. The molecule has 1 saturated carbocycles. The summed E-state index contributed by atoms with van der Waals surface area (Å²) in [6.07, 6.45) is 3.60. The van der Waals surface area contributed by atoms with Gasteiger partial charge in [0.15, 0.2) is 0 Å². The van der Waals surface area contributed by atoms with E-state index in [2.05, 4.69) is 19.6 Å². The second-order valence-corrected chi connectivity index (χ2v) is 5.93. The summed E-state index contributed by atoms with van der Waals surface area (Å²) in [7, 11) is 0. The van der Waals surface area contributed by atoms with Crippen LogP contribution >= 0.6 is 12.6 Å². The lowest BCUT2D eigenvalue weighted by Crippen LogP contribution is -2.37. The summed E-state index contributed by atoms with van der Waals surface area (Å²) >= 11 is 4.64. The number of carbonyl (C=O) groups is 1. The molecule has 0 saturated heterocycles. The predicted molar refractivity (Wildman–Crippen MR) is 63.5 cm³/mol. The largest absolute Gasteiger partial charge is 0.390 e. The molecule has 3 atom stereocenters. The van der Waals surface area contributed by atoms with Crippen LogP contribution in [0.4, 0.5) is 0 Å². The molecule has 1 fully saturated rings. The van der Waals surface area contributed by atoms with E-state index in [9.17, 15) is 9.90 Å². The van der Waals surface area contributed by atoms with Crippen molar-refractivity contribution in [2.45, 2.75) is 52.1 Å². The summed E-state index contributed by atoms with van der Waals surface area (Å²) in [6, 6.07) is 0. The molecule has 3 heteroatoms. The van der Waals surface area contributed by atoms with Crippen LogP contribution in [0.1, 0.15) is 46.5 Å². The average molecular weight is 229 g/mol. The van der Waals surface area contributed by atoms with Crippen molar-refractivity contribution in [3.05, 3.63) is 0 Å². The molecule has 15 heavy (non-hydrogen) atoms. The van der Waals surface area contributed by atoms with Gasteiger partial charge in [-0.2, -0.15) is 0 Å². The van der Waals surface area contributed by atoms with Crippen LogP contribution in [0.5, 0.6) is 0 Å². The Hall–Kier alpha value is -0.150. The van der Waals surface area contributed by atoms with E-state index in [-0.39, 0.29) is 5.12 Å². The van der Waals surface area contributed by atoms with Crippen LogP contribution in [0.15, 0.2) is 0 Å². The summed E-state index contributed by atoms with van der Waals surface area (Å²) in [5.74, 6) is 1.25. The zero-order chi connectivity index (χ0) is 11.6. The number of carbonyl (C=O) groups excluding carboxylic acids is 1. The second kappa shape index (κ2) is 4.79. The first-order chi connectivity index (χ1) is 6.80. The van der Waals surface area contributed by atoms with Gasteiger partial charge in [-0.1, -0.05) is 13.3 Å². The fourth-order valence-electron chi connectivity index (χ4n) is 2.56. The Morgan fingerprint density at radius 2 is 2.07 bits per heavy atom. The maximum Gasteiger partial charge on any atom is 0.218 e. The van der Waals surface area contributed by atoms with E-state index in [1.165, 1.54) is 0 Å². The van der Waals surface area contributed by atoms with E-state index in [0.717, 1.165) is 19.3 Å². The van der Waals surface area contributed by atoms with Gasteiger partial charge in [0, 0.05) is 6.42 Å². The van der Waals surface area contributed by atoms with Crippen molar-refractivity contribution < 1.29 is 9.90 Å². The third kappa shape index (κ3) is 3.72. The average Bonchev–Trinajstić information content (AvgIpc) is 2.06. The summed E-state index contributed by atoms with van der Waals surface area (Å²) in [5, 5.41) is 9.83. The lowest BCUT2D eigenvalue weighted by atomic mass is 9.69. The fourth-order valence-corrected chi connectivity index (χ4v) is 2.77. The highest BCUT2D eigenvalue weighted by Crippen LogP contribution is 2.40. The Morgan fingerprint density at radius 3 is 2.53 bits per heavy atom. The summed E-state index contributed by atoms with van der Waals surface area (Å²) in [5.41, 5.74) is -0.622. The van der Waals surface area contributed by atoms with Crippen LogP contribution < -0.4 is 0 Å². The van der Waals surface area contributed by atoms with Crippen molar-refractivity contribution in [1.82, 2.24) is 0 Å². The van der Waals surface area contributed by atoms with Crippen molar-refractivity contribution in [3.8, 4) is 0 Å². The molecule has 0 aliphatic heterocycles. The highest BCUT2D eigenvalue weighted by atomic mass is 32.1. The molecule has 0 aromatic heterocycles. The minimum Gasteiger partial charge on any atom is -0.390 e. The van der Waals surface area contributed by atoms with E-state index in [1.54, 1.807) is 0 Å². The Labute approximate surface area is 97.9 Å². The van der Waals surface area contributed by atoms with Gasteiger partial charge >= 0.3 is 0 Å². The lowest BCUT2D eigenvalue weighted by Gasteiger charge is -2.39. The third-order valence-corrected chi connectivity index (χ3v) is 3.96. The molecule has 1 rings (SSSR count). The van der Waals surface area contributed by atoms with Crippen molar-refractivity contribution in [3.63, 3.8) is 0 Å². The monoisotopic (exact) mass is 229 g/mol. The molecule has 1 aliphatic rings. The smallest absolute Gasteiger partial charge is 0.218 e. The Kier molecular flexibility index (Phi) is 4.13. The van der Waals surface area contributed by atoms with E-state index in [0.29, 0.717) is 24.2 Å². The molecule has 2 nitrogen and oxygen atoms in total. The van der Waals surface area contributed by atoms with E-state index in [1.807, 2.05) is 13.8 Å². The number of rotatable bonds is 3. The first-order valence-electron chi connectivity index (χ1n) is 5.73. The standard InChI is InChI=1S/C12H21O2S/c1-8-4-5-10(12(2,3)14)6-9(8)7-11(13)15/h8-10,14H,4-7H2,1-3H3. The molecule has 1 aliphatic carbocycles. The van der Waals surface area contributed by atoms with Crippen LogP contribution in [0.25, 0.3) is 0 Å². The van der Waals surface area contributed by atoms with Crippen molar-refractivity contribution in [2.75, 3.05) is 0 Å². The van der Waals surface area contributed by atoms with Crippen LogP contribution in [0, 0.1) is 17.8 Å². The van der Waals surface area contributed by atoms with Gasteiger partial charge in [0.05, 0.1) is 5.60 Å². The van der Waals surface area contributed by atoms with Gasteiger partial charge in [0.25, 0.3) is 0 Å². The molecule has 0 aromatic rings. The summed E-state index contributed by atoms with van der Waals surface area (Å²) < 4.78 is 0. The van der Waals surface area contributed by atoms with Gasteiger partial charge in [0.2, 0.25) is 5.12 Å². The topological polar surface area (TPSA) is 37.3 Å². The Balaban J connectivity index is 2.60. The molecule has 0 spiro atoms. The molecule has 0 aromatic carbocycles. The SMILES string of the molecule is CC1CCC(C(C)(C)O)CC1CC(=O)[S]. The third-order valence-electron chi connectivity index (χ3n) is 3.79. The molecule has 0 bridgehead atoms. The van der Waals surface area contributed by atoms with Crippen LogP contribution in [-0.4, -0.2) is 15.8 Å². The minimum absolute atomic E-state index is 0.136. The van der Waals surface area contributed by atoms with Crippen molar-refractivity contribution in [1.29, 1.82) is 0 Å². The first kappa shape index (κ1) is 12.9. The lowest BCUT2D eigenvalue weighted by molar-refractivity contribution is -0.113. The van der Waals surface area contributed by atoms with Gasteiger partial charge in [-0.05, 0) is 57.1 Å². The number of hydrogen-bond donors (Lipinski definition) is 1. The van der Waals surface area contributed by atoms with Gasteiger partial charge in [-0.15, -0.1) is 0 Å². The Bertz CT molecular complexity index is 232. The van der Waals surface area contributed by atoms with Gasteiger partial charge in [-0.25, -0.2) is 0 Å². The van der Waals surface area contributed by atoms with Crippen LogP contribution in [0.2, 0.25) is 0 Å². The van der Waals surface area contributed by atoms with Crippen molar-refractivity contribution >= 4 is 17.7 Å². The zero-order valence-electron chi connectivity index (χ0n) is 9.82. The molecule has 3 unspecified atom stereocenters. The molecular formula is C12H21O2S. The van der Waals surface area contributed by atoms with Gasteiger partial charge < -0.3 is 5.11 Å². The van der Waals surface area contributed by atoms with Crippen molar-refractivity contribution in [2.24, 2.45) is 17.8 Å². The maximum atomic E-state index is 11.0. The first-order valence-corrected chi connectivity index (χ1v) is 6.13. The maximum absolute atomic E-state index is 11.0. The molecule has 0 amide bonds. The van der Waals surface area contributed by atoms with E-state index < -0.39 is 5.60 Å². The van der Waals surface area contributed by atoms with Gasteiger partial charge in [0.1, 0.15) is 0 Å². The number of hydrogen-bond acceptors (Lipinski definition) is 2. The minimum atomic E-state index is -0.622. The van der Waals surface area contributed by atoms with E-state index >= 15 is 0 Å². The summed E-state index contributed by atoms with van der Waals surface area (Å²) in [6.45, 7) is 5.91. The highest BCUT2D eigenvalue weighted by Gasteiger charge is 2.35. The van der Waals surface area contributed by atoms with Crippen LogP contribution in [-0.2, 0) is 4.79 Å². The van der Waals surface area contributed by atoms with E-state index in [4.69, 9.17) is 0 Å². The zero-order valence-corrected chi connectivity index (χ0v) is 10.6. The Morgan fingerprint density at radius 1 is 1.47 bits per heavy atom. The van der Waals surface area contributed by atoms with Gasteiger partial charge in [-0.3, -0.25) is 4.79 Å². The predicted octanol–water partition coefficient (Wildman–Crippen LogP) is 2.92.